The molecule has 0 aliphatic carbocycles. The second-order valence-corrected chi connectivity index (χ2v) is 7.45. The van der Waals surface area contributed by atoms with Gasteiger partial charge in [0, 0.05) is 10.1 Å². The van der Waals surface area contributed by atoms with Crippen molar-refractivity contribution in [3.63, 3.8) is 0 Å². The van der Waals surface area contributed by atoms with Crippen LogP contribution in [0.5, 0.6) is 0 Å². The molecule has 0 atom stereocenters. The minimum absolute atomic E-state index is 0.211. The highest BCUT2D eigenvalue weighted by atomic mass is 127. The number of carbonyl (C=O) groups is 1. The Morgan fingerprint density at radius 2 is 1.96 bits per heavy atom. The van der Waals surface area contributed by atoms with Crippen molar-refractivity contribution in [1.82, 2.24) is 10.2 Å². The maximum atomic E-state index is 12.3. The summed E-state index contributed by atoms with van der Waals surface area (Å²) in [6, 6.07) is 5.55. The molecule has 1 aromatic carbocycles. The van der Waals surface area contributed by atoms with E-state index in [9.17, 15) is 4.79 Å². The normalized spacial score (nSPS) is 11.6. The number of carbonyl (C=O) groups excluding carboxylic acids is 1. The van der Waals surface area contributed by atoms with Crippen molar-refractivity contribution in [2.45, 2.75) is 39.5 Å². The molecule has 0 heterocycles. The summed E-state index contributed by atoms with van der Waals surface area (Å²) < 4.78 is 1.03. The van der Waals surface area contributed by atoms with E-state index in [1.54, 1.807) is 0 Å². The van der Waals surface area contributed by atoms with E-state index in [-0.39, 0.29) is 11.6 Å². The van der Waals surface area contributed by atoms with Gasteiger partial charge in [0.15, 0.2) is 0 Å². The molecule has 0 unspecified atom stereocenters. The van der Waals surface area contributed by atoms with Crippen molar-refractivity contribution in [3.8, 4) is 0 Å². The quantitative estimate of drug-likeness (QED) is 0.209. The Morgan fingerprint density at radius 3 is 2.54 bits per heavy atom. The molecule has 6 heteroatoms. The fourth-order valence-corrected chi connectivity index (χ4v) is 3.18. The van der Waals surface area contributed by atoms with E-state index in [0.29, 0.717) is 17.9 Å². The fourth-order valence-electron chi connectivity index (χ4n) is 2.67. The Labute approximate surface area is 171 Å². The van der Waals surface area contributed by atoms with E-state index in [2.05, 4.69) is 58.2 Å². The first kappa shape index (κ1) is 22.6. The zero-order valence-corrected chi connectivity index (χ0v) is 18.1. The van der Waals surface area contributed by atoms with Gasteiger partial charge >= 0.3 is 0 Å². The van der Waals surface area contributed by atoms with Gasteiger partial charge in [-0.3, -0.25) is 4.79 Å². The summed E-state index contributed by atoms with van der Waals surface area (Å²) in [6.45, 7) is 12.1. The van der Waals surface area contributed by atoms with Crippen molar-refractivity contribution in [2.24, 2.45) is 4.99 Å². The van der Waals surface area contributed by atoms with Crippen LogP contribution in [0.1, 0.15) is 39.5 Å². The van der Waals surface area contributed by atoms with E-state index in [4.69, 9.17) is 5.73 Å². The molecule has 1 amide bonds. The predicted molar refractivity (Wildman–Crippen MR) is 120 cm³/mol. The number of benzene rings is 1. The highest BCUT2D eigenvalue weighted by Gasteiger charge is 2.09. The molecule has 0 aliphatic rings. The molecular formula is C20H31IN4O. The number of amides is 1. The van der Waals surface area contributed by atoms with Gasteiger partial charge in [-0.05, 0) is 92.2 Å². The molecule has 1 aromatic rings. The van der Waals surface area contributed by atoms with Crippen LogP contribution < -0.4 is 11.1 Å². The lowest BCUT2D eigenvalue weighted by atomic mass is 10.2. The second kappa shape index (κ2) is 12.9. The van der Waals surface area contributed by atoms with Crippen LogP contribution in [0, 0.1) is 3.57 Å². The highest BCUT2D eigenvalue weighted by molar-refractivity contribution is 14.1. The zero-order valence-electron chi connectivity index (χ0n) is 15.9. The van der Waals surface area contributed by atoms with Gasteiger partial charge in [-0.15, -0.1) is 0 Å². The molecule has 0 saturated carbocycles. The number of nitrogens with zero attached hydrogens (tertiary/aromatic N) is 2. The number of halogens is 1. The summed E-state index contributed by atoms with van der Waals surface area (Å²) in [7, 11) is 0. The van der Waals surface area contributed by atoms with Crippen LogP contribution >= 0.6 is 22.6 Å². The van der Waals surface area contributed by atoms with E-state index in [0.717, 1.165) is 36.0 Å². The van der Waals surface area contributed by atoms with Gasteiger partial charge in [0.05, 0.1) is 11.4 Å². The third kappa shape index (κ3) is 8.31. The van der Waals surface area contributed by atoms with Crippen LogP contribution in [-0.2, 0) is 4.79 Å². The number of hydrogen-bond acceptors (Lipinski definition) is 4. The van der Waals surface area contributed by atoms with Crippen LogP contribution in [0.4, 0.5) is 11.4 Å². The third-order valence-corrected chi connectivity index (χ3v) is 4.59. The lowest BCUT2D eigenvalue weighted by Gasteiger charge is -2.20. The van der Waals surface area contributed by atoms with Crippen LogP contribution in [0.15, 0.2) is 35.8 Å². The molecular weight excluding hydrogens is 439 g/mol. The molecule has 5 nitrogen and oxygen atoms in total. The van der Waals surface area contributed by atoms with Gasteiger partial charge in [0.1, 0.15) is 5.71 Å². The molecule has 3 N–H and O–H groups in total. The average Bonchev–Trinajstić information content (AvgIpc) is 2.61. The van der Waals surface area contributed by atoms with Crippen LogP contribution in [0.25, 0.3) is 0 Å². The number of nitrogens with one attached hydrogen (secondary N) is 1. The van der Waals surface area contributed by atoms with Crippen molar-refractivity contribution >= 4 is 45.6 Å². The van der Waals surface area contributed by atoms with Gasteiger partial charge in [0.2, 0.25) is 0 Å². The summed E-state index contributed by atoms with van der Waals surface area (Å²) in [5.74, 6) is -0.211. The Hall–Kier alpha value is -1.41. The molecule has 26 heavy (non-hydrogen) atoms. The molecule has 144 valence electrons. The van der Waals surface area contributed by atoms with E-state index < -0.39 is 0 Å². The summed E-state index contributed by atoms with van der Waals surface area (Å²) in [6.07, 6.45) is 5.85. The molecule has 0 saturated heterocycles. The lowest BCUT2D eigenvalue weighted by molar-refractivity contribution is -0.114. The maximum Gasteiger partial charge on any atom is 0.269 e. The van der Waals surface area contributed by atoms with Crippen LogP contribution in [0.2, 0.25) is 0 Å². The number of anilines is 1. The van der Waals surface area contributed by atoms with E-state index in [1.807, 2.05) is 18.2 Å². The SMILES string of the molecule is C=CC(=Nc1ccc(I)cc1N)C(=O)NCCCCN(CCC)CCC. The van der Waals surface area contributed by atoms with Gasteiger partial charge in [-0.2, -0.15) is 0 Å². The number of unbranched alkanes of at least 4 members (excludes halogenated alkanes) is 1. The van der Waals surface area contributed by atoms with Crippen molar-refractivity contribution in [3.05, 3.63) is 34.4 Å². The minimum Gasteiger partial charge on any atom is -0.397 e. The topological polar surface area (TPSA) is 70.7 Å². The third-order valence-electron chi connectivity index (χ3n) is 3.92. The minimum atomic E-state index is -0.211. The van der Waals surface area contributed by atoms with Crippen molar-refractivity contribution in [1.29, 1.82) is 0 Å². The Morgan fingerprint density at radius 1 is 1.27 bits per heavy atom. The van der Waals surface area contributed by atoms with E-state index >= 15 is 0 Å². The van der Waals surface area contributed by atoms with Gasteiger partial charge < -0.3 is 16.0 Å². The first-order valence-corrected chi connectivity index (χ1v) is 10.4. The molecule has 1 rings (SSSR count). The Kier molecular flexibility index (Phi) is 11.2. The molecule has 0 fully saturated rings. The summed E-state index contributed by atoms with van der Waals surface area (Å²) in [4.78, 5) is 19.1. The largest absolute Gasteiger partial charge is 0.397 e. The van der Waals surface area contributed by atoms with Crippen LogP contribution in [-0.4, -0.2) is 42.7 Å². The standard InChI is InChI=1S/C20H31IN4O/c1-4-12-25(13-5-2)14-8-7-11-23-20(26)18(6-3)24-19-10-9-16(21)15-17(19)22/h6,9-10,15H,3-5,7-8,11-14,22H2,1-2H3,(H,23,26). The van der Waals surface area contributed by atoms with Gasteiger partial charge in [-0.1, -0.05) is 20.4 Å². The smallest absolute Gasteiger partial charge is 0.269 e. The molecule has 0 radical (unpaired) electrons. The monoisotopic (exact) mass is 470 g/mol. The zero-order chi connectivity index (χ0) is 19.4. The number of nitrogens with two attached hydrogens (primary N) is 1. The summed E-state index contributed by atoms with van der Waals surface area (Å²) >= 11 is 2.19. The van der Waals surface area contributed by atoms with Gasteiger partial charge in [-0.25, -0.2) is 4.99 Å². The molecule has 0 aromatic heterocycles. The Bertz CT molecular complexity index is 610. The molecule has 0 bridgehead atoms. The molecule has 0 aliphatic heterocycles. The fraction of sp³-hybridized carbons (Fsp3) is 0.500. The summed E-state index contributed by atoms with van der Waals surface area (Å²) in [5.41, 5.74) is 7.39. The number of aliphatic imine (C=N–C) groups is 1. The maximum absolute atomic E-state index is 12.3. The van der Waals surface area contributed by atoms with Gasteiger partial charge in [0.25, 0.3) is 5.91 Å². The molecule has 0 spiro atoms. The van der Waals surface area contributed by atoms with E-state index in [1.165, 1.54) is 18.9 Å². The Balaban J connectivity index is 2.47. The lowest BCUT2D eigenvalue weighted by Crippen LogP contribution is -2.31. The number of rotatable bonds is 12. The number of nitrogen functional groups attached to an aromatic ring is 1. The highest BCUT2D eigenvalue weighted by Crippen LogP contribution is 2.24. The summed E-state index contributed by atoms with van der Waals surface area (Å²) in [5, 5.41) is 2.92. The average molecular weight is 470 g/mol. The van der Waals surface area contributed by atoms with Crippen molar-refractivity contribution < 1.29 is 4.79 Å². The van der Waals surface area contributed by atoms with Crippen LogP contribution in [0.3, 0.4) is 0 Å². The predicted octanol–water partition coefficient (Wildman–Crippen LogP) is 4.15. The first-order chi connectivity index (χ1) is 12.5. The number of hydrogen-bond donors (Lipinski definition) is 2. The second-order valence-electron chi connectivity index (χ2n) is 6.21. The first-order valence-electron chi connectivity index (χ1n) is 9.28. The van der Waals surface area contributed by atoms with Crippen molar-refractivity contribution in [2.75, 3.05) is 31.9 Å².